The van der Waals surface area contributed by atoms with E-state index in [4.69, 9.17) is 0 Å². The van der Waals surface area contributed by atoms with E-state index in [9.17, 15) is 4.79 Å². The van der Waals surface area contributed by atoms with Crippen molar-refractivity contribution in [2.75, 3.05) is 0 Å². The molecule has 0 aromatic rings. The number of rotatable bonds is 0. The number of carbonyl (C=O) groups excluding carboxylic acids is 1. The molecular formula is C3H6N2O2. The molecule has 7 heavy (non-hydrogen) atoms. The number of hydrogen-bond donors (Lipinski definition) is 1. The van der Waals surface area contributed by atoms with Gasteiger partial charge in [0.2, 0.25) is 0 Å². The van der Waals surface area contributed by atoms with Gasteiger partial charge in [-0.3, -0.25) is 0 Å². The molecule has 0 aromatic carbocycles. The summed E-state index contributed by atoms with van der Waals surface area (Å²) in [6, 6.07) is 0. The van der Waals surface area contributed by atoms with Crippen molar-refractivity contribution in [1.29, 1.82) is 0 Å². The fourth-order valence-electron chi connectivity index (χ4n) is 0.136. The summed E-state index contributed by atoms with van der Waals surface area (Å²) >= 11 is 0. The van der Waals surface area contributed by atoms with Crippen molar-refractivity contribution in [2.24, 2.45) is 10.9 Å². The van der Waals surface area contributed by atoms with E-state index in [1.54, 1.807) is 6.92 Å². The number of aliphatic imine (C=N–C) groups is 1. The van der Waals surface area contributed by atoms with Gasteiger partial charge in [0.1, 0.15) is 0 Å². The first-order valence-corrected chi connectivity index (χ1v) is 1.70. The van der Waals surface area contributed by atoms with E-state index in [1.165, 1.54) is 6.21 Å². The van der Waals surface area contributed by atoms with Crippen molar-refractivity contribution in [3.63, 3.8) is 0 Å². The molecule has 4 heteroatoms. The summed E-state index contributed by atoms with van der Waals surface area (Å²) in [7, 11) is 0. The minimum Gasteiger partial charge on any atom is -0.355 e. The SMILES string of the molecule is CC=NC(=O)ON. The smallest absolute Gasteiger partial charge is 0.355 e. The minimum atomic E-state index is -0.775. The Hall–Kier alpha value is -0.900. The average Bonchev–Trinajstić information content (AvgIpc) is 1.68. The molecule has 0 aliphatic heterocycles. The first kappa shape index (κ1) is 6.10. The molecule has 0 radical (unpaired) electrons. The lowest BCUT2D eigenvalue weighted by atomic mass is 10.9. The number of nitrogens with zero attached hydrogens (tertiary/aromatic N) is 1. The Morgan fingerprint density at radius 3 is 2.71 bits per heavy atom. The van der Waals surface area contributed by atoms with E-state index >= 15 is 0 Å². The molecule has 0 atom stereocenters. The predicted octanol–water partition coefficient (Wildman–Crippen LogP) is 0.0874. The van der Waals surface area contributed by atoms with Crippen LogP contribution in [0.15, 0.2) is 4.99 Å². The molecule has 0 rings (SSSR count). The maximum Gasteiger partial charge on any atom is 0.451 e. The van der Waals surface area contributed by atoms with Gasteiger partial charge in [0, 0.05) is 6.21 Å². The predicted molar refractivity (Wildman–Crippen MR) is 24.8 cm³/mol. The summed E-state index contributed by atoms with van der Waals surface area (Å²) in [4.78, 5) is 16.7. The third-order valence-electron chi connectivity index (χ3n) is 0.335. The lowest BCUT2D eigenvalue weighted by molar-refractivity contribution is 0.159. The van der Waals surface area contributed by atoms with E-state index < -0.39 is 6.09 Å². The molecule has 2 N–H and O–H groups in total. The van der Waals surface area contributed by atoms with Gasteiger partial charge in [0.05, 0.1) is 0 Å². The van der Waals surface area contributed by atoms with Crippen LogP contribution in [0.3, 0.4) is 0 Å². The van der Waals surface area contributed by atoms with E-state index in [0.717, 1.165) is 0 Å². The molecule has 0 fully saturated rings. The zero-order chi connectivity index (χ0) is 5.70. The van der Waals surface area contributed by atoms with Crippen LogP contribution in [0.5, 0.6) is 0 Å². The highest BCUT2D eigenvalue weighted by molar-refractivity contribution is 5.77. The van der Waals surface area contributed by atoms with Gasteiger partial charge in [-0.25, -0.2) is 4.79 Å². The summed E-state index contributed by atoms with van der Waals surface area (Å²) in [6.45, 7) is 1.59. The topological polar surface area (TPSA) is 64.7 Å². The maximum absolute atomic E-state index is 9.87. The lowest BCUT2D eigenvalue weighted by Crippen LogP contribution is -2.04. The standard InChI is InChI=1S/C3H6N2O2/c1-2-5-3(6)7-4/h2H,4H2,1H3. The Kier molecular flexibility index (Phi) is 2.87. The van der Waals surface area contributed by atoms with Gasteiger partial charge in [-0.1, -0.05) is 0 Å². The van der Waals surface area contributed by atoms with Crippen LogP contribution in [0.2, 0.25) is 0 Å². The van der Waals surface area contributed by atoms with E-state index in [-0.39, 0.29) is 0 Å². The first-order chi connectivity index (χ1) is 3.31. The summed E-state index contributed by atoms with van der Waals surface area (Å²) in [5, 5.41) is 0. The molecule has 0 unspecified atom stereocenters. The van der Waals surface area contributed by atoms with Gasteiger partial charge in [-0.2, -0.15) is 10.9 Å². The number of carbonyl (C=O) groups is 1. The van der Waals surface area contributed by atoms with Crippen molar-refractivity contribution < 1.29 is 9.63 Å². The molecule has 0 saturated carbocycles. The average molecular weight is 102 g/mol. The zero-order valence-corrected chi connectivity index (χ0v) is 3.92. The number of hydrogen-bond acceptors (Lipinski definition) is 3. The van der Waals surface area contributed by atoms with Gasteiger partial charge in [0.25, 0.3) is 0 Å². The highest BCUT2D eigenvalue weighted by Gasteiger charge is 1.87. The molecule has 0 aliphatic rings. The summed E-state index contributed by atoms with van der Waals surface area (Å²) < 4.78 is 0. The van der Waals surface area contributed by atoms with Crippen LogP contribution in [0.4, 0.5) is 4.79 Å². The van der Waals surface area contributed by atoms with E-state index in [2.05, 4.69) is 15.7 Å². The fraction of sp³-hybridized carbons (Fsp3) is 0.333. The molecule has 40 valence electrons. The highest BCUT2D eigenvalue weighted by atomic mass is 16.7. The second kappa shape index (κ2) is 3.30. The Balaban J connectivity index is 3.37. The quantitative estimate of drug-likeness (QED) is 0.348. The third-order valence-corrected chi connectivity index (χ3v) is 0.335. The largest absolute Gasteiger partial charge is 0.451 e. The van der Waals surface area contributed by atoms with E-state index in [1.807, 2.05) is 0 Å². The van der Waals surface area contributed by atoms with Crippen LogP contribution < -0.4 is 5.90 Å². The Morgan fingerprint density at radius 2 is 2.57 bits per heavy atom. The number of nitrogens with two attached hydrogens (primary N) is 1. The summed E-state index contributed by atoms with van der Waals surface area (Å²) in [6.07, 6.45) is 0.525. The van der Waals surface area contributed by atoms with Crippen molar-refractivity contribution in [2.45, 2.75) is 6.92 Å². The molecule has 0 saturated heterocycles. The fourth-order valence-corrected chi connectivity index (χ4v) is 0.136. The Labute approximate surface area is 40.9 Å². The second-order valence-electron chi connectivity index (χ2n) is 0.771. The third kappa shape index (κ3) is 2.92. The summed E-state index contributed by atoms with van der Waals surface area (Å²) in [5.41, 5.74) is 0. The van der Waals surface area contributed by atoms with Gasteiger partial charge in [-0.15, -0.1) is 0 Å². The highest BCUT2D eigenvalue weighted by Crippen LogP contribution is 1.71. The van der Waals surface area contributed by atoms with Crippen molar-refractivity contribution in [3.05, 3.63) is 0 Å². The normalized spacial score (nSPS) is 9.43. The second-order valence-corrected chi connectivity index (χ2v) is 0.771. The molecule has 4 nitrogen and oxygen atoms in total. The number of amides is 1. The van der Waals surface area contributed by atoms with E-state index in [0.29, 0.717) is 0 Å². The first-order valence-electron chi connectivity index (χ1n) is 1.70. The maximum atomic E-state index is 9.87. The van der Waals surface area contributed by atoms with Crippen LogP contribution in [0.25, 0.3) is 0 Å². The minimum absolute atomic E-state index is 0.775. The lowest BCUT2D eigenvalue weighted by Gasteiger charge is -1.82. The van der Waals surface area contributed by atoms with Crippen molar-refractivity contribution in [1.82, 2.24) is 0 Å². The van der Waals surface area contributed by atoms with Crippen LogP contribution in [0, 0.1) is 0 Å². The van der Waals surface area contributed by atoms with Gasteiger partial charge >= 0.3 is 6.09 Å². The van der Waals surface area contributed by atoms with Crippen LogP contribution in [-0.4, -0.2) is 12.3 Å². The summed E-state index contributed by atoms with van der Waals surface area (Å²) in [5.74, 6) is 4.39. The monoisotopic (exact) mass is 102 g/mol. The molecule has 0 bridgehead atoms. The molecular weight excluding hydrogens is 96.0 g/mol. The van der Waals surface area contributed by atoms with Crippen LogP contribution in [0.1, 0.15) is 6.92 Å². The van der Waals surface area contributed by atoms with Crippen molar-refractivity contribution in [3.8, 4) is 0 Å². The zero-order valence-electron chi connectivity index (χ0n) is 3.92. The molecule has 0 aliphatic carbocycles. The van der Waals surface area contributed by atoms with Gasteiger partial charge in [-0.05, 0) is 6.92 Å². The van der Waals surface area contributed by atoms with Crippen molar-refractivity contribution >= 4 is 12.3 Å². The van der Waals surface area contributed by atoms with Gasteiger partial charge in [0.15, 0.2) is 0 Å². The molecule has 0 aromatic heterocycles. The molecule has 1 amide bonds. The molecule has 0 spiro atoms. The van der Waals surface area contributed by atoms with Crippen LogP contribution >= 0.6 is 0 Å². The molecule has 0 heterocycles. The van der Waals surface area contributed by atoms with Crippen LogP contribution in [-0.2, 0) is 4.84 Å². The van der Waals surface area contributed by atoms with Gasteiger partial charge < -0.3 is 4.84 Å². The Bertz CT molecular complexity index is 88.9. The Morgan fingerprint density at radius 1 is 2.00 bits per heavy atom.